The third-order valence-electron chi connectivity index (χ3n) is 2.52. The van der Waals surface area contributed by atoms with E-state index in [1.165, 1.54) is 6.92 Å². The number of carbonyl (C=O) groups is 1. The Bertz CT molecular complexity index is 547. The fourth-order valence-electron chi connectivity index (χ4n) is 1.37. The lowest BCUT2D eigenvalue weighted by molar-refractivity contribution is -0.138. The summed E-state index contributed by atoms with van der Waals surface area (Å²) in [5, 5.41) is 16.4. The summed E-state index contributed by atoms with van der Waals surface area (Å²) in [6.45, 7) is 1.49. The summed E-state index contributed by atoms with van der Waals surface area (Å²) in [7, 11) is 1.58. The average Bonchev–Trinajstić information content (AvgIpc) is 2.87. The molecule has 2 rings (SSSR count). The van der Waals surface area contributed by atoms with Crippen LogP contribution in [0.3, 0.4) is 0 Å². The van der Waals surface area contributed by atoms with Gasteiger partial charge in [-0.25, -0.2) is 0 Å². The molecule has 0 fully saturated rings. The summed E-state index contributed by atoms with van der Waals surface area (Å²) in [4.78, 5) is 10.8. The zero-order chi connectivity index (χ0) is 13.1. The number of hydrogen-bond acceptors (Lipinski definition) is 5. The van der Waals surface area contributed by atoms with E-state index >= 15 is 0 Å². The monoisotopic (exact) mass is 248 g/mol. The van der Waals surface area contributed by atoms with Gasteiger partial charge in [0.15, 0.2) is 0 Å². The van der Waals surface area contributed by atoms with Crippen molar-refractivity contribution in [3.05, 3.63) is 30.2 Å². The molecule has 6 nitrogen and oxygen atoms in total. The van der Waals surface area contributed by atoms with Gasteiger partial charge in [0.25, 0.3) is 0 Å². The third kappa shape index (κ3) is 2.32. The lowest BCUT2D eigenvalue weighted by atomic mass is 10.2. The van der Waals surface area contributed by atoms with Crippen molar-refractivity contribution in [2.75, 3.05) is 7.11 Å². The van der Waals surface area contributed by atoms with E-state index in [9.17, 15) is 4.79 Å². The molecule has 1 aromatic heterocycles. The molecule has 0 radical (unpaired) electrons. The summed E-state index contributed by atoms with van der Waals surface area (Å²) in [6.07, 6.45) is 0. The van der Waals surface area contributed by atoms with E-state index in [4.69, 9.17) is 14.3 Å². The number of benzene rings is 1. The molecule has 94 valence electrons. The Balaban J connectivity index is 2.26. The van der Waals surface area contributed by atoms with Crippen LogP contribution in [-0.2, 0) is 4.79 Å². The first-order valence-electron chi connectivity index (χ1n) is 5.32. The normalized spacial score (nSPS) is 12.1. The maximum atomic E-state index is 10.8. The van der Waals surface area contributed by atoms with Crippen LogP contribution in [0.5, 0.6) is 5.75 Å². The van der Waals surface area contributed by atoms with Crippen molar-refractivity contribution in [1.29, 1.82) is 0 Å². The van der Waals surface area contributed by atoms with Gasteiger partial charge >= 0.3 is 5.97 Å². The van der Waals surface area contributed by atoms with Crippen LogP contribution in [0, 0.1) is 0 Å². The largest absolute Gasteiger partial charge is 0.497 e. The first-order valence-corrected chi connectivity index (χ1v) is 5.32. The Morgan fingerprint density at radius 2 is 2.00 bits per heavy atom. The fourth-order valence-corrected chi connectivity index (χ4v) is 1.37. The van der Waals surface area contributed by atoms with E-state index in [0.29, 0.717) is 11.5 Å². The predicted molar refractivity (Wildman–Crippen MR) is 62.3 cm³/mol. The second kappa shape index (κ2) is 4.87. The standard InChI is InChI=1S/C12H12N2O4/c1-7(12(15)16)10-13-14-11(18-10)8-3-5-9(17-2)6-4-8/h3-7H,1-2H3,(H,15,16). The minimum Gasteiger partial charge on any atom is -0.497 e. The highest BCUT2D eigenvalue weighted by Gasteiger charge is 2.21. The molecule has 0 aliphatic rings. The van der Waals surface area contributed by atoms with Crippen molar-refractivity contribution in [2.24, 2.45) is 0 Å². The van der Waals surface area contributed by atoms with E-state index in [-0.39, 0.29) is 5.89 Å². The molecule has 0 aliphatic carbocycles. The van der Waals surface area contributed by atoms with Gasteiger partial charge < -0.3 is 14.3 Å². The van der Waals surface area contributed by atoms with Crippen LogP contribution < -0.4 is 4.74 Å². The van der Waals surface area contributed by atoms with Gasteiger partial charge in [0.1, 0.15) is 11.7 Å². The Morgan fingerprint density at radius 3 is 2.56 bits per heavy atom. The second-order valence-corrected chi connectivity index (χ2v) is 3.73. The smallest absolute Gasteiger partial charge is 0.315 e. The maximum Gasteiger partial charge on any atom is 0.315 e. The predicted octanol–water partition coefficient (Wildman–Crippen LogP) is 1.93. The molecule has 1 aromatic carbocycles. The van der Waals surface area contributed by atoms with E-state index < -0.39 is 11.9 Å². The highest BCUT2D eigenvalue weighted by Crippen LogP contribution is 2.23. The van der Waals surface area contributed by atoms with Gasteiger partial charge in [0, 0.05) is 5.56 Å². The van der Waals surface area contributed by atoms with Gasteiger partial charge in [0.05, 0.1) is 7.11 Å². The number of carboxylic acid groups (broad SMARTS) is 1. The minimum absolute atomic E-state index is 0.0910. The van der Waals surface area contributed by atoms with Crippen molar-refractivity contribution in [2.45, 2.75) is 12.8 Å². The number of ether oxygens (including phenoxy) is 1. The molecule has 0 spiro atoms. The van der Waals surface area contributed by atoms with Gasteiger partial charge in [-0.1, -0.05) is 0 Å². The van der Waals surface area contributed by atoms with Crippen LogP contribution in [0.4, 0.5) is 0 Å². The van der Waals surface area contributed by atoms with Crippen molar-refractivity contribution in [1.82, 2.24) is 10.2 Å². The maximum absolute atomic E-state index is 10.8. The number of carboxylic acids is 1. The number of rotatable bonds is 4. The molecular formula is C12H12N2O4. The Morgan fingerprint density at radius 1 is 1.33 bits per heavy atom. The SMILES string of the molecule is COc1ccc(-c2nnc(C(C)C(=O)O)o2)cc1. The topological polar surface area (TPSA) is 85.5 Å². The number of nitrogens with zero attached hydrogens (tertiary/aromatic N) is 2. The van der Waals surface area contributed by atoms with Crippen molar-refractivity contribution < 1.29 is 19.1 Å². The van der Waals surface area contributed by atoms with E-state index in [0.717, 1.165) is 5.75 Å². The van der Waals surface area contributed by atoms with Gasteiger partial charge in [-0.2, -0.15) is 0 Å². The Kier molecular flexibility index (Phi) is 3.27. The molecule has 6 heteroatoms. The molecule has 1 heterocycles. The lowest BCUT2D eigenvalue weighted by Gasteiger charge is -2.00. The number of aliphatic carboxylic acids is 1. The summed E-state index contributed by atoms with van der Waals surface area (Å²) >= 11 is 0. The first kappa shape index (κ1) is 12.1. The molecule has 0 aliphatic heterocycles. The summed E-state index contributed by atoms with van der Waals surface area (Å²) in [6, 6.07) is 7.06. The lowest BCUT2D eigenvalue weighted by Crippen LogP contribution is -2.07. The highest BCUT2D eigenvalue weighted by molar-refractivity contribution is 5.74. The molecule has 0 saturated carbocycles. The Hall–Kier alpha value is -2.37. The number of methoxy groups -OCH3 is 1. The summed E-state index contributed by atoms with van der Waals surface area (Å²) in [5.41, 5.74) is 0.715. The molecule has 18 heavy (non-hydrogen) atoms. The van der Waals surface area contributed by atoms with E-state index in [1.807, 2.05) is 0 Å². The van der Waals surface area contributed by atoms with E-state index in [1.54, 1.807) is 31.4 Å². The minimum atomic E-state index is -1.00. The van der Waals surface area contributed by atoms with Crippen molar-refractivity contribution in [3.63, 3.8) is 0 Å². The molecule has 0 saturated heterocycles. The zero-order valence-corrected chi connectivity index (χ0v) is 9.95. The summed E-state index contributed by atoms with van der Waals surface area (Å²) in [5.74, 6) is -0.712. The Labute approximate surface area is 103 Å². The van der Waals surface area contributed by atoms with Crippen LogP contribution in [0.2, 0.25) is 0 Å². The molecule has 1 unspecified atom stereocenters. The molecule has 0 amide bonds. The van der Waals surface area contributed by atoms with Gasteiger partial charge in [-0.05, 0) is 31.2 Å². The fraction of sp³-hybridized carbons (Fsp3) is 0.250. The van der Waals surface area contributed by atoms with Crippen LogP contribution in [-0.4, -0.2) is 28.4 Å². The molecule has 1 N–H and O–H groups in total. The van der Waals surface area contributed by atoms with Gasteiger partial charge in [0.2, 0.25) is 11.8 Å². The molecule has 1 atom stereocenters. The second-order valence-electron chi connectivity index (χ2n) is 3.73. The zero-order valence-electron chi connectivity index (χ0n) is 9.95. The van der Waals surface area contributed by atoms with Gasteiger partial charge in [-0.3, -0.25) is 4.79 Å². The van der Waals surface area contributed by atoms with Crippen LogP contribution in [0.1, 0.15) is 18.7 Å². The van der Waals surface area contributed by atoms with Crippen molar-refractivity contribution >= 4 is 5.97 Å². The first-order chi connectivity index (χ1) is 8.61. The van der Waals surface area contributed by atoms with Gasteiger partial charge in [-0.15, -0.1) is 10.2 Å². The quantitative estimate of drug-likeness (QED) is 0.889. The molecule has 2 aromatic rings. The van der Waals surface area contributed by atoms with Crippen LogP contribution in [0.25, 0.3) is 11.5 Å². The number of aromatic nitrogens is 2. The van der Waals surface area contributed by atoms with E-state index in [2.05, 4.69) is 10.2 Å². The highest BCUT2D eigenvalue weighted by atomic mass is 16.5. The average molecular weight is 248 g/mol. The summed E-state index contributed by atoms with van der Waals surface area (Å²) < 4.78 is 10.4. The van der Waals surface area contributed by atoms with Crippen LogP contribution >= 0.6 is 0 Å². The molecular weight excluding hydrogens is 236 g/mol. The molecule has 0 bridgehead atoms. The van der Waals surface area contributed by atoms with Crippen LogP contribution in [0.15, 0.2) is 28.7 Å². The van der Waals surface area contributed by atoms with Crippen molar-refractivity contribution in [3.8, 4) is 17.2 Å². The number of hydrogen-bond donors (Lipinski definition) is 1. The third-order valence-corrected chi connectivity index (χ3v) is 2.52.